The van der Waals surface area contributed by atoms with Gasteiger partial charge in [0.1, 0.15) is 6.17 Å². The van der Waals surface area contributed by atoms with Gasteiger partial charge in [-0.05, 0) is 0 Å². The van der Waals surface area contributed by atoms with Crippen molar-refractivity contribution in [3.05, 3.63) is 0 Å². The molecule has 0 bridgehead atoms. The summed E-state index contributed by atoms with van der Waals surface area (Å²) in [5.41, 5.74) is 0. The van der Waals surface area contributed by atoms with Crippen molar-refractivity contribution >= 4 is 28.9 Å². The molecule has 16 heavy (non-hydrogen) atoms. The van der Waals surface area contributed by atoms with Crippen molar-refractivity contribution in [2.24, 2.45) is 4.99 Å². The summed E-state index contributed by atoms with van der Waals surface area (Å²) >= 11 is 1.07. The fourth-order valence-corrected chi connectivity index (χ4v) is 2.35. The summed E-state index contributed by atoms with van der Waals surface area (Å²) in [5.74, 6) is -1.28. The van der Waals surface area contributed by atoms with Gasteiger partial charge in [0, 0.05) is 19.8 Å². The van der Waals surface area contributed by atoms with Crippen molar-refractivity contribution < 1.29 is 14.7 Å². The van der Waals surface area contributed by atoms with E-state index in [2.05, 4.69) is 10.3 Å². The van der Waals surface area contributed by atoms with Crippen LogP contribution in [-0.2, 0) is 4.79 Å². The number of carboxylic acid groups (broad SMARTS) is 1. The average molecular weight is 243 g/mol. The molecule has 2 aliphatic rings. The van der Waals surface area contributed by atoms with E-state index >= 15 is 0 Å². The molecule has 2 atom stereocenters. The molecule has 1 N–H and O–H groups in total. The molecular weight excluding hydrogens is 232 g/mol. The third-order valence-corrected chi connectivity index (χ3v) is 3.42. The summed E-state index contributed by atoms with van der Waals surface area (Å²) in [6, 6.07) is -0.102. The number of nitrogens with one attached hydrogen (secondary N) is 1. The summed E-state index contributed by atoms with van der Waals surface area (Å²) in [6.07, 6.45) is -0.483. The first kappa shape index (κ1) is 11.1. The molecule has 0 aromatic heterocycles. The predicted octanol–water partition coefficient (Wildman–Crippen LogP) is -1.92. The summed E-state index contributed by atoms with van der Waals surface area (Å²) < 4.78 is 0. The number of carbonyl (C=O) groups excluding carboxylic acids is 2. The zero-order valence-corrected chi connectivity index (χ0v) is 9.65. The number of aliphatic carboxylic acids is 1. The standard InChI is InChI=1S/C8H12N4O3S/c1-11-5-6(12(2)8(11)15)10-7(9-5)16-3-4(13)14/h5-6H,3H2,1-2H3,(H,9,10)(H,13,14)/p-1/t5-,6-/m1/s1. The number of nitrogens with zero attached hydrogens (tertiary/aromatic N) is 3. The number of aliphatic imine (C=N–C) groups is 1. The molecule has 0 aromatic carbocycles. The smallest absolute Gasteiger partial charge is 0.323 e. The van der Waals surface area contributed by atoms with Gasteiger partial charge in [0.15, 0.2) is 11.3 Å². The number of likely N-dealkylation sites (N-methyl/N-ethyl adjacent to an activating group) is 2. The van der Waals surface area contributed by atoms with Crippen molar-refractivity contribution in [2.45, 2.75) is 12.3 Å². The van der Waals surface area contributed by atoms with Gasteiger partial charge in [-0.15, -0.1) is 0 Å². The number of amidine groups is 1. The van der Waals surface area contributed by atoms with E-state index in [-0.39, 0.29) is 24.1 Å². The molecule has 2 rings (SSSR count). The van der Waals surface area contributed by atoms with E-state index in [1.165, 1.54) is 4.90 Å². The zero-order chi connectivity index (χ0) is 11.9. The maximum absolute atomic E-state index is 11.5. The van der Waals surface area contributed by atoms with Gasteiger partial charge in [-0.25, -0.2) is 9.79 Å². The molecule has 2 heterocycles. The van der Waals surface area contributed by atoms with Gasteiger partial charge < -0.3 is 25.0 Å². The van der Waals surface area contributed by atoms with Crippen LogP contribution in [0.5, 0.6) is 0 Å². The maximum Gasteiger partial charge on any atom is 0.323 e. The molecule has 1 saturated heterocycles. The topological polar surface area (TPSA) is 88.1 Å². The second kappa shape index (κ2) is 3.85. The Morgan fingerprint density at radius 3 is 2.81 bits per heavy atom. The van der Waals surface area contributed by atoms with Crippen molar-refractivity contribution in [1.82, 2.24) is 15.1 Å². The summed E-state index contributed by atoms with van der Waals surface area (Å²) in [7, 11) is 3.35. The average Bonchev–Trinajstić information content (AvgIpc) is 2.73. The SMILES string of the molecule is CN1C(=O)N(C)[C@H]2NC(SCC(=O)[O-])=N[C@@H]21. The molecule has 0 unspecified atom stereocenters. The predicted molar refractivity (Wildman–Crippen MR) is 56.5 cm³/mol. The molecule has 0 aliphatic carbocycles. The van der Waals surface area contributed by atoms with Gasteiger partial charge in [-0.2, -0.15) is 0 Å². The van der Waals surface area contributed by atoms with E-state index in [0.29, 0.717) is 5.17 Å². The highest BCUT2D eigenvalue weighted by Crippen LogP contribution is 2.25. The van der Waals surface area contributed by atoms with Crippen LogP contribution >= 0.6 is 11.8 Å². The number of carboxylic acids is 1. The van der Waals surface area contributed by atoms with Gasteiger partial charge >= 0.3 is 6.03 Å². The first-order chi connectivity index (χ1) is 7.50. The summed E-state index contributed by atoms with van der Waals surface area (Å²) in [5, 5.41) is 13.8. The van der Waals surface area contributed by atoms with E-state index in [4.69, 9.17) is 0 Å². The summed E-state index contributed by atoms with van der Waals surface area (Å²) in [4.78, 5) is 29.1. The first-order valence-electron chi connectivity index (χ1n) is 4.67. The Labute approximate surface area is 96.5 Å². The Kier molecular flexibility index (Phi) is 2.66. The van der Waals surface area contributed by atoms with Crippen LogP contribution in [0.2, 0.25) is 0 Å². The molecule has 8 heteroatoms. The van der Waals surface area contributed by atoms with Crippen molar-refractivity contribution in [1.29, 1.82) is 0 Å². The van der Waals surface area contributed by atoms with Gasteiger partial charge in [-0.1, -0.05) is 11.8 Å². The Morgan fingerprint density at radius 1 is 1.56 bits per heavy atom. The fraction of sp³-hybridized carbons (Fsp3) is 0.625. The van der Waals surface area contributed by atoms with Gasteiger partial charge in [0.2, 0.25) is 0 Å². The Morgan fingerprint density at radius 2 is 2.25 bits per heavy atom. The monoisotopic (exact) mass is 243 g/mol. The van der Waals surface area contributed by atoms with Crippen molar-refractivity contribution in [2.75, 3.05) is 19.8 Å². The molecule has 0 spiro atoms. The van der Waals surface area contributed by atoms with E-state index in [9.17, 15) is 14.7 Å². The Hall–Kier alpha value is -1.44. The minimum atomic E-state index is -1.13. The first-order valence-corrected chi connectivity index (χ1v) is 5.66. The van der Waals surface area contributed by atoms with Crippen molar-refractivity contribution in [3.63, 3.8) is 0 Å². The molecular formula is C8H11N4O3S-. The number of hydrogen-bond acceptors (Lipinski definition) is 6. The molecule has 2 amide bonds. The highest BCUT2D eigenvalue weighted by molar-refractivity contribution is 8.14. The van der Waals surface area contributed by atoms with Gasteiger partial charge in [-0.3, -0.25) is 0 Å². The quantitative estimate of drug-likeness (QED) is 0.610. The number of urea groups is 1. The number of carbonyl (C=O) groups is 2. The third kappa shape index (κ3) is 1.69. The normalized spacial score (nSPS) is 27.9. The number of hydrogen-bond donors (Lipinski definition) is 1. The van der Waals surface area contributed by atoms with Crippen LogP contribution in [0.3, 0.4) is 0 Å². The van der Waals surface area contributed by atoms with Crippen LogP contribution < -0.4 is 10.4 Å². The molecule has 7 nitrogen and oxygen atoms in total. The Bertz CT molecular complexity index is 372. The lowest BCUT2D eigenvalue weighted by Gasteiger charge is -2.17. The number of thioether (sulfide) groups is 1. The Balaban J connectivity index is 2.03. The lowest BCUT2D eigenvalue weighted by molar-refractivity contribution is -0.301. The molecule has 0 saturated carbocycles. The number of fused-ring (bicyclic) bond motifs is 1. The number of amides is 2. The van der Waals surface area contributed by atoms with E-state index in [0.717, 1.165) is 11.8 Å². The van der Waals surface area contributed by atoms with Crippen LogP contribution in [0.25, 0.3) is 0 Å². The second-order valence-electron chi connectivity index (χ2n) is 3.60. The maximum atomic E-state index is 11.5. The summed E-state index contributed by atoms with van der Waals surface area (Å²) in [6.45, 7) is 0. The third-order valence-electron chi connectivity index (χ3n) is 2.55. The van der Waals surface area contributed by atoms with Crippen LogP contribution in [0.15, 0.2) is 4.99 Å². The highest BCUT2D eigenvalue weighted by atomic mass is 32.2. The van der Waals surface area contributed by atoms with E-state index in [1.54, 1.807) is 19.0 Å². The highest BCUT2D eigenvalue weighted by Gasteiger charge is 2.45. The van der Waals surface area contributed by atoms with E-state index in [1.807, 2.05) is 0 Å². The molecule has 88 valence electrons. The molecule has 0 aromatic rings. The zero-order valence-electron chi connectivity index (χ0n) is 8.84. The lowest BCUT2D eigenvalue weighted by Crippen LogP contribution is -2.42. The minimum Gasteiger partial charge on any atom is -0.549 e. The van der Waals surface area contributed by atoms with Crippen LogP contribution in [0.4, 0.5) is 4.79 Å². The largest absolute Gasteiger partial charge is 0.549 e. The van der Waals surface area contributed by atoms with Gasteiger partial charge in [0.25, 0.3) is 0 Å². The fourth-order valence-electron chi connectivity index (χ4n) is 1.71. The molecule has 1 fully saturated rings. The lowest BCUT2D eigenvalue weighted by atomic mass is 10.4. The van der Waals surface area contributed by atoms with Gasteiger partial charge in [0.05, 0.1) is 5.97 Å². The van der Waals surface area contributed by atoms with Crippen LogP contribution in [-0.4, -0.2) is 59.1 Å². The molecule has 2 aliphatic heterocycles. The molecule has 0 radical (unpaired) electrons. The van der Waals surface area contributed by atoms with Crippen LogP contribution in [0, 0.1) is 0 Å². The van der Waals surface area contributed by atoms with E-state index < -0.39 is 5.97 Å². The second-order valence-corrected chi connectivity index (χ2v) is 4.57. The van der Waals surface area contributed by atoms with Crippen molar-refractivity contribution in [3.8, 4) is 0 Å². The number of rotatable bonds is 2. The minimum absolute atomic E-state index is 0.102. The van der Waals surface area contributed by atoms with Crippen LogP contribution in [0.1, 0.15) is 0 Å².